The second-order valence-corrected chi connectivity index (χ2v) is 6.78. The predicted octanol–water partition coefficient (Wildman–Crippen LogP) is 1.52. The van der Waals surface area contributed by atoms with E-state index in [2.05, 4.69) is 53.8 Å². The maximum Gasteiger partial charge on any atom is 0.194 e. The average molecular weight is 367 g/mol. The largest absolute Gasteiger partial charge is 0.364 e. The Balaban J connectivity index is 1.32. The topological polar surface area (TPSA) is 74.2 Å². The van der Waals surface area contributed by atoms with Gasteiger partial charge in [-0.1, -0.05) is 11.2 Å². The van der Waals surface area contributed by atoms with Crippen molar-refractivity contribution in [1.82, 2.24) is 29.7 Å². The molecular formula is C19H25N7O. The molecule has 0 unspecified atom stereocenters. The zero-order valence-corrected chi connectivity index (χ0v) is 15.8. The van der Waals surface area contributed by atoms with Crippen molar-refractivity contribution in [2.45, 2.75) is 20.0 Å². The Morgan fingerprint density at radius 3 is 2.74 bits per heavy atom. The van der Waals surface area contributed by atoms with Crippen LogP contribution in [0.1, 0.15) is 17.1 Å². The van der Waals surface area contributed by atoms with E-state index < -0.39 is 0 Å². The first kappa shape index (κ1) is 17.5. The van der Waals surface area contributed by atoms with E-state index in [1.165, 1.54) is 5.69 Å². The molecule has 0 spiro atoms. The van der Waals surface area contributed by atoms with Crippen LogP contribution in [0.5, 0.6) is 0 Å². The van der Waals surface area contributed by atoms with E-state index in [0.29, 0.717) is 6.54 Å². The molecule has 3 aromatic heterocycles. The van der Waals surface area contributed by atoms with Crippen LogP contribution in [0.2, 0.25) is 0 Å². The average Bonchev–Trinajstić information content (AvgIpc) is 3.34. The van der Waals surface area contributed by atoms with Crippen LogP contribution in [0, 0.1) is 6.92 Å². The summed E-state index contributed by atoms with van der Waals surface area (Å²) in [7, 11) is 1.83. The monoisotopic (exact) mass is 367 g/mol. The van der Waals surface area contributed by atoms with Crippen molar-refractivity contribution in [1.29, 1.82) is 0 Å². The Labute approximate surface area is 158 Å². The van der Waals surface area contributed by atoms with Crippen molar-refractivity contribution >= 4 is 11.6 Å². The number of fused-ring (bicyclic) bond motifs is 1. The fourth-order valence-electron chi connectivity index (χ4n) is 3.45. The van der Waals surface area contributed by atoms with Gasteiger partial charge in [0.2, 0.25) is 0 Å². The van der Waals surface area contributed by atoms with Crippen molar-refractivity contribution in [3.8, 4) is 0 Å². The number of nitrogens with zero attached hydrogens (tertiary/aromatic N) is 6. The fourth-order valence-corrected chi connectivity index (χ4v) is 3.45. The molecule has 4 rings (SSSR count). The first-order valence-electron chi connectivity index (χ1n) is 9.24. The summed E-state index contributed by atoms with van der Waals surface area (Å²) in [5, 5.41) is 7.44. The van der Waals surface area contributed by atoms with Crippen molar-refractivity contribution in [3.05, 3.63) is 53.8 Å². The summed E-state index contributed by atoms with van der Waals surface area (Å²) >= 11 is 0. The van der Waals surface area contributed by atoms with E-state index in [9.17, 15) is 0 Å². The number of aliphatic imine (C=N–C) groups is 1. The molecule has 0 bridgehead atoms. The number of nitrogens with one attached hydrogen (secondary N) is 1. The molecule has 1 fully saturated rings. The smallest absolute Gasteiger partial charge is 0.194 e. The number of imidazole rings is 1. The molecular weight excluding hydrogens is 342 g/mol. The highest BCUT2D eigenvalue weighted by Crippen LogP contribution is 2.10. The van der Waals surface area contributed by atoms with E-state index >= 15 is 0 Å². The summed E-state index contributed by atoms with van der Waals surface area (Å²) in [5.74, 6) is 0.921. The second-order valence-electron chi connectivity index (χ2n) is 6.78. The van der Waals surface area contributed by atoms with Crippen molar-refractivity contribution in [2.75, 3.05) is 33.2 Å². The third-order valence-corrected chi connectivity index (χ3v) is 4.93. The van der Waals surface area contributed by atoms with Gasteiger partial charge in [-0.3, -0.25) is 9.89 Å². The molecule has 1 aliphatic rings. The van der Waals surface area contributed by atoms with Gasteiger partial charge in [0.05, 0.1) is 17.9 Å². The first-order chi connectivity index (χ1) is 13.2. The number of rotatable bonds is 4. The van der Waals surface area contributed by atoms with Crippen LogP contribution in [0.3, 0.4) is 0 Å². The van der Waals surface area contributed by atoms with Crippen molar-refractivity contribution in [3.63, 3.8) is 0 Å². The van der Waals surface area contributed by atoms with Crippen LogP contribution in [0.25, 0.3) is 5.65 Å². The summed E-state index contributed by atoms with van der Waals surface area (Å²) in [6.45, 7) is 7.39. The van der Waals surface area contributed by atoms with E-state index in [1.54, 1.807) is 6.26 Å². The van der Waals surface area contributed by atoms with Gasteiger partial charge in [-0.05, 0) is 19.1 Å². The molecule has 0 amide bonds. The van der Waals surface area contributed by atoms with E-state index in [4.69, 9.17) is 4.52 Å². The lowest BCUT2D eigenvalue weighted by Crippen LogP contribution is -2.52. The molecule has 1 N–H and O–H groups in total. The number of guanidine groups is 1. The van der Waals surface area contributed by atoms with Gasteiger partial charge in [-0.2, -0.15) is 0 Å². The van der Waals surface area contributed by atoms with Crippen LogP contribution in [0.15, 0.2) is 46.2 Å². The Morgan fingerprint density at radius 2 is 2.04 bits per heavy atom. The molecule has 27 heavy (non-hydrogen) atoms. The minimum absolute atomic E-state index is 0.660. The van der Waals surface area contributed by atoms with Gasteiger partial charge in [0.15, 0.2) is 5.96 Å². The number of hydrogen-bond acceptors (Lipinski definition) is 5. The van der Waals surface area contributed by atoms with Gasteiger partial charge in [0.25, 0.3) is 0 Å². The lowest BCUT2D eigenvalue weighted by Gasteiger charge is -2.36. The summed E-state index contributed by atoms with van der Waals surface area (Å²) in [6, 6.07) is 8.07. The molecule has 4 heterocycles. The molecule has 1 aliphatic heterocycles. The third-order valence-electron chi connectivity index (χ3n) is 4.93. The van der Waals surface area contributed by atoms with Crippen molar-refractivity contribution in [2.24, 2.45) is 4.99 Å². The van der Waals surface area contributed by atoms with Crippen LogP contribution in [-0.2, 0) is 13.1 Å². The van der Waals surface area contributed by atoms with Crippen LogP contribution in [0.4, 0.5) is 0 Å². The molecule has 0 aliphatic carbocycles. The number of pyridine rings is 1. The Kier molecular flexibility index (Phi) is 5.06. The Morgan fingerprint density at radius 1 is 1.19 bits per heavy atom. The maximum absolute atomic E-state index is 4.91. The van der Waals surface area contributed by atoms with Gasteiger partial charge in [0.1, 0.15) is 11.9 Å². The molecule has 0 aromatic carbocycles. The second kappa shape index (κ2) is 7.79. The van der Waals surface area contributed by atoms with Crippen LogP contribution >= 0.6 is 0 Å². The minimum Gasteiger partial charge on any atom is -0.364 e. The van der Waals surface area contributed by atoms with Crippen LogP contribution in [-0.4, -0.2) is 63.5 Å². The highest BCUT2D eigenvalue weighted by Gasteiger charge is 2.20. The van der Waals surface area contributed by atoms with Gasteiger partial charge < -0.3 is 19.1 Å². The zero-order chi connectivity index (χ0) is 18.6. The third kappa shape index (κ3) is 3.95. The number of piperazine rings is 1. The summed E-state index contributed by atoms with van der Waals surface area (Å²) in [4.78, 5) is 13.8. The van der Waals surface area contributed by atoms with Gasteiger partial charge in [-0.25, -0.2) is 4.98 Å². The highest BCUT2D eigenvalue weighted by atomic mass is 16.5. The quantitative estimate of drug-likeness (QED) is 0.557. The molecule has 0 radical (unpaired) electrons. The SMILES string of the molecule is CN=C(NCc1cn2c(C)cccc2n1)N1CCN(Cc2ccon2)CC1. The van der Waals surface area contributed by atoms with Crippen LogP contribution < -0.4 is 5.32 Å². The van der Waals surface area contributed by atoms with Crippen molar-refractivity contribution < 1.29 is 4.52 Å². The van der Waals surface area contributed by atoms with Gasteiger partial charge in [-0.15, -0.1) is 0 Å². The fraction of sp³-hybridized carbons (Fsp3) is 0.421. The molecule has 0 atom stereocenters. The Bertz CT molecular complexity index is 907. The minimum atomic E-state index is 0.660. The number of aromatic nitrogens is 3. The molecule has 0 saturated carbocycles. The Hall–Kier alpha value is -2.87. The summed E-state index contributed by atoms with van der Waals surface area (Å²) in [5.41, 5.74) is 4.14. The molecule has 3 aromatic rings. The summed E-state index contributed by atoms with van der Waals surface area (Å²) in [6.07, 6.45) is 3.71. The van der Waals surface area contributed by atoms with E-state index in [1.807, 2.05) is 25.2 Å². The molecule has 8 nitrogen and oxygen atoms in total. The molecule has 8 heteroatoms. The molecule has 1 saturated heterocycles. The van der Waals surface area contributed by atoms with E-state index in [0.717, 1.165) is 55.7 Å². The standard InChI is InChI=1S/C19H25N7O/c1-15-4-3-5-18-22-17(14-26(15)18)12-21-19(20-2)25-9-7-24(8-10-25)13-16-6-11-27-23-16/h3-6,11,14H,7-10,12-13H2,1-2H3,(H,20,21). The zero-order valence-electron chi connectivity index (χ0n) is 15.8. The maximum atomic E-state index is 4.91. The van der Waals surface area contributed by atoms with Gasteiger partial charge in [0, 0.05) is 57.7 Å². The highest BCUT2D eigenvalue weighted by molar-refractivity contribution is 5.80. The number of hydrogen-bond donors (Lipinski definition) is 1. The molecule has 142 valence electrons. The lowest BCUT2D eigenvalue weighted by molar-refractivity contribution is 0.169. The number of aryl methyl sites for hydroxylation is 1. The predicted molar refractivity (Wildman–Crippen MR) is 103 cm³/mol. The first-order valence-corrected chi connectivity index (χ1v) is 9.24. The lowest BCUT2D eigenvalue weighted by atomic mass is 10.3. The summed E-state index contributed by atoms with van der Waals surface area (Å²) < 4.78 is 7.03. The van der Waals surface area contributed by atoms with E-state index in [-0.39, 0.29) is 0 Å². The van der Waals surface area contributed by atoms with Gasteiger partial charge >= 0.3 is 0 Å². The normalized spacial score (nSPS) is 16.2.